The van der Waals surface area contributed by atoms with E-state index in [0.29, 0.717) is 11.5 Å². The van der Waals surface area contributed by atoms with E-state index in [0.717, 1.165) is 16.7 Å². The van der Waals surface area contributed by atoms with Crippen molar-refractivity contribution in [2.75, 3.05) is 46.4 Å². The summed E-state index contributed by atoms with van der Waals surface area (Å²) >= 11 is 0. The van der Waals surface area contributed by atoms with Gasteiger partial charge in [0, 0.05) is 32.3 Å². The molecule has 0 saturated carbocycles. The molecule has 1 N–H and O–H groups in total. The number of aromatic nitrogens is 2. The Kier molecular flexibility index (Phi) is 15.3. The lowest BCUT2D eigenvalue weighted by molar-refractivity contribution is -0.114. The molecule has 1 saturated heterocycles. The van der Waals surface area contributed by atoms with Crippen molar-refractivity contribution in [2.24, 2.45) is 0 Å². The van der Waals surface area contributed by atoms with Crippen molar-refractivity contribution in [3.05, 3.63) is 130 Å². The Labute approximate surface area is 335 Å². The maximum atomic E-state index is 13.6. The first-order valence-electron chi connectivity index (χ1n) is 18.7. The number of nitrogens with one attached hydrogen (secondary N) is 1. The summed E-state index contributed by atoms with van der Waals surface area (Å²) in [6.45, 7) is 17.2. The van der Waals surface area contributed by atoms with Crippen LogP contribution in [0.25, 0.3) is 4.85 Å². The van der Waals surface area contributed by atoms with Crippen LogP contribution < -0.4 is 20.5 Å². The average Bonchev–Trinajstić information content (AvgIpc) is 3.54. The molecule has 2 unspecified atom stereocenters. The highest BCUT2D eigenvalue weighted by atomic mass is 31.2. The summed E-state index contributed by atoms with van der Waals surface area (Å²) in [5.41, 5.74) is 0.635. The highest BCUT2D eigenvalue weighted by Crippen LogP contribution is 2.51. The molecule has 1 aliphatic rings. The summed E-state index contributed by atoms with van der Waals surface area (Å²) in [5.74, 6) is 1.11. The average molecular weight is 802 g/mol. The van der Waals surface area contributed by atoms with Gasteiger partial charge >= 0.3 is 5.69 Å². The molecule has 1 amide bonds. The Hall–Kier alpha value is -4.71. The van der Waals surface area contributed by atoms with Crippen LogP contribution in [0.3, 0.4) is 0 Å². The van der Waals surface area contributed by atoms with Gasteiger partial charge in [-0.05, 0) is 74.7 Å². The number of ether oxygens (including phenoxy) is 5. The lowest BCUT2D eigenvalue weighted by atomic mass is 9.80. The van der Waals surface area contributed by atoms with E-state index >= 15 is 0 Å². The topological polar surface area (TPSA) is 136 Å². The third-order valence-corrected chi connectivity index (χ3v) is 11.6. The van der Waals surface area contributed by atoms with Crippen LogP contribution in [-0.2, 0) is 33.7 Å². The molecule has 0 radical (unpaired) electrons. The molecule has 1 fully saturated rings. The molecule has 0 bridgehead atoms. The van der Waals surface area contributed by atoms with Gasteiger partial charge in [-0.2, -0.15) is 4.98 Å². The molecule has 14 nitrogen and oxygen atoms in total. The van der Waals surface area contributed by atoms with Gasteiger partial charge in [-0.15, -0.1) is 0 Å². The smallest absolute Gasteiger partial charge is 0.351 e. The molecule has 0 aliphatic carbocycles. The van der Waals surface area contributed by atoms with Gasteiger partial charge in [-0.1, -0.05) is 54.6 Å². The Balaban J connectivity index is 1.65. The predicted octanol–water partition coefficient (Wildman–Crippen LogP) is 6.81. The van der Waals surface area contributed by atoms with Gasteiger partial charge in [0.2, 0.25) is 12.5 Å². The largest absolute Gasteiger partial charge is 0.497 e. The van der Waals surface area contributed by atoms with Crippen molar-refractivity contribution in [3.8, 4) is 11.5 Å². The van der Waals surface area contributed by atoms with Crippen molar-refractivity contribution >= 4 is 20.3 Å². The first-order valence-corrected chi connectivity index (χ1v) is 19.8. The van der Waals surface area contributed by atoms with E-state index in [2.05, 4.69) is 47.5 Å². The minimum atomic E-state index is -1.78. The van der Waals surface area contributed by atoms with E-state index < -0.39 is 44.4 Å². The van der Waals surface area contributed by atoms with Gasteiger partial charge in [0.1, 0.15) is 47.8 Å². The summed E-state index contributed by atoms with van der Waals surface area (Å²) in [4.78, 5) is 32.9. The number of nitrogens with zero attached hydrogens (tertiary/aromatic N) is 4. The zero-order valence-corrected chi connectivity index (χ0v) is 34.6. The maximum Gasteiger partial charge on any atom is 0.351 e. The van der Waals surface area contributed by atoms with Gasteiger partial charge in [0.05, 0.1) is 20.8 Å². The summed E-state index contributed by atoms with van der Waals surface area (Å²) in [6.07, 6.45) is -2.05. The number of hydrogen-bond acceptors (Lipinski definition) is 11. The van der Waals surface area contributed by atoms with E-state index in [4.69, 9.17) is 39.3 Å². The van der Waals surface area contributed by atoms with Crippen LogP contribution in [-0.4, -0.2) is 91.6 Å². The van der Waals surface area contributed by atoms with Crippen LogP contribution in [0.1, 0.15) is 57.5 Å². The summed E-state index contributed by atoms with van der Waals surface area (Å²) < 4.78 is 48.0. The molecule has 2 heterocycles. The van der Waals surface area contributed by atoms with Gasteiger partial charge in [0.15, 0.2) is 6.23 Å². The third kappa shape index (κ3) is 10.1. The van der Waals surface area contributed by atoms with E-state index in [1.807, 2.05) is 78.9 Å². The number of benzene rings is 3. The number of carbonyl (C=O) groups excluding carboxylic acids is 1. The fourth-order valence-corrected chi connectivity index (χ4v) is 8.73. The molecule has 5 atom stereocenters. The fourth-order valence-electron chi connectivity index (χ4n) is 6.98. The molecule has 1 aliphatic heterocycles. The molecule has 0 spiro atoms. The fraction of sp³-hybridized carbons (Fsp3) is 0.429. The van der Waals surface area contributed by atoms with E-state index in [1.165, 1.54) is 30.9 Å². The molecule has 3 aromatic carbocycles. The second kappa shape index (κ2) is 20.1. The Morgan fingerprint density at radius 1 is 0.912 bits per heavy atom. The lowest BCUT2D eigenvalue weighted by Crippen LogP contribution is -2.43. The zero-order valence-electron chi connectivity index (χ0n) is 33.7. The SMILES string of the molecule is [C-]#[N+]CCOP(OC1[C@@H](COC(c2ccccc2)(c2ccc(OC)cc2)c2ccc(OC)cc2)O[C@@H](n2ccc(NC(C)=O)nc2=O)[C@H]1OC)N(C(C)C)C(C)C. The summed E-state index contributed by atoms with van der Waals surface area (Å²) in [5, 5.41) is 2.55. The van der Waals surface area contributed by atoms with Gasteiger partial charge in [-0.3, -0.25) is 9.36 Å². The summed E-state index contributed by atoms with van der Waals surface area (Å²) in [7, 11) is 2.98. The Morgan fingerprint density at radius 3 is 1.98 bits per heavy atom. The van der Waals surface area contributed by atoms with Crippen molar-refractivity contribution in [1.82, 2.24) is 14.2 Å². The van der Waals surface area contributed by atoms with Crippen molar-refractivity contribution in [1.29, 1.82) is 0 Å². The van der Waals surface area contributed by atoms with Crippen LogP contribution in [0.5, 0.6) is 11.5 Å². The Bertz CT molecular complexity index is 1930. The first-order chi connectivity index (χ1) is 27.5. The second-order valence-corrected chi connectivity index (χ2v) is 15.3. The van der Waals surface area contributed by atoms with Gasteiger partial charge in [0.25, 0.3) is 8.53 Å². The normalized spacial score (nSPS) is 18.8. The Morgan fingerprint density at radius 2 is 1.49 bits per heavy atom. The van der Waals surface area contributed by atoms with Crippen LogP contribution >= 0.6 is 8.53 Å². The standard InChI is InChI=1S/C42H52N5O9P/c1-28(2)47(29(3)4)57(54-26-24-43-6)56-38-36(55-40(39(38)52-9)46-25-23-37(44-30(5)48)45-41(46)49)27-53-42(31-13-11-10-12-14-31,32-15-19-34(50-7)20-16-32)33-17-21-35(51-8)22-18-33/h10-23,25,28-29,36,38-40H,24,26-27H2,1-5,7-9H3,(H,44,45,48,49)/t36-,38?,39+,40-,57?/m1/s1. The van der Waals surface area contributed by atoms with Crippen LogP contribution in [0, 0.1) is 6.57 Å². The number of anilines is 1. The quantitative estimate of drug-likeness (QED) is 0.0464. The number of methoxy groups -OCH3 is 3. The van der Waals surface area contributed by atoms with Crippen molar-refractivity contribution < 1.29 is 37.5 Å². The molecule has 5 rings (SSSR count). The van der Waals surface area contributed by atoms with Crippen molar-refractivity contribution in [2.45, 2.75) is 76.8 Å². The minimum Gasteiger partial charge on any atom is -0.497 e. The number of amides is 1. The summed E-state index contributed by atoms with van der Waals surface area (Å²) in [6, 6.07) is 26.9. The molecular formula is C42H52N5O9P. The molecule has 4 aromatic rings. The monoisotopic (exact) mass is 801 g/mol. The van der Waals surface area contributed by atoms with E-state index in [-0.39, 0.29) is 43.6 Å². The number of carbonyl (C=O) groups is 1. The van der Waals surface area contributed by atoms with Crippen LogP contribution in [0.2, 0.25) is 0 Å². The van der Waals surface area contributed by atoms with E-state index in [9.17, 15) is 9.59 Å². The van der Waals surface area contributed by atoms with Gasteiger partial charge in [-0.25, -0.2) is 16.0 Å². The predicted molar refractivity (Wildman–Crippen MR) is 217 cm³/mol. The minimum absolute atomic E-state index is 0.0156. The highest BCUT2D eigenvalue weighted by molar-refractivity contribution is 7.44. The molecular weight excluding hydrogens is 749 g/mol. The number of hydrogen-bond donors (Lipinski definition) is 1. The van der Waals surface area contributed by atoms with Gasteiger partial charge < -0.3 is 42.9 Å². The van der Waals surface area contributed by atoms with Crippen LogP contribution in [0.4, 0.5) is 5.82 Å². The zero-order chi connectivity index (χ0) is 41.1. The van der Waals surface area contributed by atoms with E-state index in [1.54, 1.807) is 14.2 Å². The maximum absolute atomic E-state index is 13.6. The molecule has 1 aromatic heterocycles. The molecule has 304 valence electrons. The highest BCUT2D eigenvalue weighted by Gasteiger charge is 2.51. The van der Waals surface area contributed by atoms with Crippen LogP contribution in [0.15, 0.2) is 95.9 Å². The molecule has 57 heavy (non-hydrogen) atoms. The lowest BCUT2D eigenvalue weighted by Gasteiger charge is -2.39. The second-order valence-electron chi connectivity index (χ2n) is 13.9. The van der Waals surface area contributed by atoms with Crippen molar-refractivity contribution in [3.63, 3.8) is 0 Å². The first kappa shape index (κ1) is 43.4. The number of rotatable bonds is 19. The molecule has 15 heteroatoms. The third-order valence-electron chi connectivity index (χ3n) is 9.47.